The zero-order chi connectivity index (χ0) is 16.2. The molecule has 5 heteroatoms. The van der Waals surface area contributed by atoms with Gasteiger partial charge in [0.15, 0.2) is 11.5 Å². The van der Waals surface area contributed by atoms with Crippen LogP contribution in [0.2, 0.25) is 0 Å². The number of unbranched alkanes of at least 4 members (excludes halogenated alkanes) is 1. The van der Waals surface area contributed by atoms with Gasteiger partial charge in [0.2, 0.25) is 5.75 Å². The Bertz CT molecular complexity index is 423. The maximum absolute atomic E-state index is 5.54. The SMILES string of the molecule is CCCCOCCCNCc1ccc(OC)c(OC)c1OC. The van der Waals surface area contributed by atoms with Gasteiger partial charge in [-0.15, -0.1) is 0 Å². The minimum absolute atomic E-state index is 0.632. The van der Waals surface area contributed by atoms with Crippen LogP contribution in [0.25, 0.3) is 0 Å². The summed E-state index contributed by atoms with van der Waals surface area (Å²) in [5, 5.41) is 3.40. The summed E-state index contributed by atoms with van der Waals surface area (Å²) in [6.07, 6.45) is 3.31. The molecule has 0 aliphatic heterocycles. The fraction of sp³-hybridized carbons (Fsp3) is 0.647. The summed E-state index contributed by atoms with van der Waals surface area (Å²) in [4.78, 5) is 0. The Labute approximate surface area is 133 Å². The van der Waals surface area contributed by atoms with Crippen molar-refractivity contribution in [3.05, 3.63) is 17.7 Å². The smallest absolute Gasteiger partial charge is 0.203 e. The maximum atomic E-state index is 5.54. The third-order valence-corrected chi connectivity index (χ3v) is 3.39. The van der Waals surface area contributed by atoms with E-state index >= 15 is 0 Å². The highest BCUT2D eigenvalue weighted by molar-refractivity contribution is 5.55. The molecule has 0 aliphatic carbocycles. The molecule has 0 heterocycles. The van der Waals surface area contributed by atoms with Crippen LogP contribution >= 0.6 is 0 Å². The van der Waals surface area contributed by atoms with E-state index in [2.05, 4.69) is 12.2 Å². The predicted molar refractivity (Wildman–Crippen MR) is 88.1 cm³/mol. The Hall–Kier alpha value is -1.46. The molecule has 0 amide bonds. The first-order chi connectivity index (χ1) is 10.8. The molecule has 0 fully saturated rings. The normalized spacial score (nSPS) is 10.5. The fourth-order valence-electron chi connectivity index (χ4n) is 2.17. The molecule has 0 saturated heterocycles. The monoisotopic (exact) mass is 311 g/mol. The lowest BCUT2D eigenvalue weighted by molar-refractivity contribution is 0.128. The Kier molecular flexibility index (Phi) is 9.42. The van der Waals surface area contributed by atoms with Gasteiger partial charge in [-0.2, -0.15) is 0 Å². The van der Waals surface area contributed by atoms with E-state index in [9.17, 15) is 0 Å². The van der Waals surface area contributed by atoms with Gasteiger partial charge >= 0.3 is 0 Å². The summed E-state index contributed by atoms with van der Waals surface area (Å²) < 4.78 is 21.7. The number of methoxy groups -OCH3 is 3. The molecule has 0 spiro atoms. The summed E-state index contributed by atoms with van der Waals surface area (Å²) in [7, 11) is 4.88. The van der Waals surface area contributed by atoms with Crippen molar-refractivity contribution < 1.29 is 18.9 Å². The minimum atomic E-state index is 0.632. The van der Waals surface area contributed by atoms with Gasteiger partial charge in [0.05, 0.1) is 21.3 Å². The summed E-state index contributed by atoms with van der Waals surface area (Å²) in [6.45, 7) is 5.46. The minimum Gasteiger partial charge on any atom is -0.493 e. The number of rotatable bonds is 12. The first-order valence-corrected chi connectivity index (χ1v) is 7.84. The second-order valence-electron chi connectivity index (χ2n) is 4.99. The van der Waals surface area contributed by atoms with Crippen LogP contribution in [0, 0.1) is 0 Å². The Morgan fingerprint density at radius 3 is 2.27 bits per heavy atom. The second kappa shape index (κ2) is 11.2. The molecule has 1 N–H and O–H groups in total. The lowest BCUT2D eigenvalue weighted by Gasteiger charge is -2.16. The Balaban J connectivity index is 2.42. The maximum Gasteiger partial charge on any atom is 0.203 e. The molecule has 0 unspecified atom stereocenters. The van der Waals surface area contributed by atoms with Crippen molar-refractivity contribution in [2.45, 2.75) is 32.7 Å². The lowest BCUT2D eigenvalue weighted by atomic mass is 10.1. The van der Waals surface area contributed by atoms with Crippen molar-refractivity contribution in [3.63, 3.8) is 0 Å². The van der Waals surface area contributed by atoms with Crippen LogP contribution in [0.1, 0.15) is 31.7 Å². The summed E-state index contributed by atoms with van der Waals surface area (Å²) in [5.41, 5.74) is 1.05. The molecule has 0 saturated carbocycles. The standard InChI is InChI=1S/C17H29NO4/c1-5-6-11-22-12-7-10-18-13-14-8-9-15(19-2)17(21-4)16(14)20-3/h8-9,18H,5-7,10-13H2,1-4H3. The molecule has 0 aliphatic rings. The van der Waals surface area contributed by atoms with Crippen molar-refractivity contribution in [2.24, 2.45) is 0 Å². The van der Waals surface area contributed by atoms with Crippen LogP contribution in [0.5, 0.6) is 17.2 Å². The van der Waals surface area contributed by atoms with Gasteiger partial charge in [-0.3, -0.25) is 0 Å². The third-order valence-electron chi connectivity index (χ3n) is 3.39. The van der Waals surface area contributed by atoms with E-state index in [1.165, 1.54) is 6.42 Å². The van der Waals surface area contributed by atoms with E-state index in [1.54, 1.807) is 21.3 Å². The highest BCUT2D eigenvalue weighted by atomic mass is 16.5. The van der Waals surface area contributed by atoms with E-state index in [0.717, 1.165) is 44.7 Å². The number of hydrogen-bond donors (Lipinski definition) is 1. The van der Waals surface area contributed by atoms with Gasteiger partial charge in [-0.05, 0) is 25.5 Å². The van der Waals surface area contributed by atoms with E-state index in [4.69, 9.17) is 18.9 Å². The first kappa shape index (κ1) is 18.6. The van der Waals surface area contributed by atoms with Crippen LogP contribution in [0.4, 0.5) is 0 Å². The van der Waals surface area contributed by atoms with Gasteiger partial charge in [-0.1, -0.05) is 19.4 Å². The first-order valence-electron chi connectivity index (χ1n) is 7.84. The van der Waals surface area contributed by atoms with Crippen LogP contribution in [-0.4, -0.2) is 41.1 Å². The number of hydrogen-bond acceptors (Lipinski definition) is 5. The molecule has 0 radical (unpaired) electrons. The number of nitrogens with one attached hydrogen (secondary N) is 1. The van der Waals surface area contributed by atoms with Crippen molar-refractivity contribution >= 4 is 0 Å². The van der Waals surface area contributed by atoms with Crippen molar-refractivity contribution in [3.8, 4) is 17.2 Å². The molecule has 22 heavy (non-hydrogen) atoms. The molecule has 126 valence electrons. The van der Waals surface area contributed by atoms with Gasteiger partial charge in [0.1, 0.15) is 0 Å². The third kappa shape index (κ3) is 5.73. The molecule has 0 aromatic heterocycles. The second-order valence-corrected chi connectivity index (χ2v) is 4.99. The van der Waals surface area contributed by atoms with E-state index in [-0.39, 0.29) is 0 Å². The van der Waals surface area contributed by atoms with Crippen LogP contribution in [-0.2, 0) is 11.3 Å². The quantitative estimate of drug-likeness (QED) is 0.601. The molecule has 1 aromatic carbocycles. The largest absolute Gasteiger partial charge is 0.493 e. The van der Waals surface area contributed by atoms with Crippen LogP contribution in [0.15, 0.2) is 12.1 Å². The van der Waals surface area contributed by atoms with E-state index in [0.29, 0.717) is 17.2 Å². The average Bonchev–Trinajstić information content (AvgIpc) is 2.56. The Morgan fingerprint density at radius 1 is 0.909 bits per heavy atom. The molecule has 0 bridgehead atoms. The predicted octanol–water partition coefficient (Wildman–Crippen LogP) is 3.01. The molecular weight excluding hydrogens is 282 g/mol. The van der Waals surface area contributed by atoms with Crippen LogP contribution in [0.3, 0.4) is 0 Å². The molecule has 1 aromatic rings. The lowest BCUT2D eigenvalue weighted by Crippen LogP contribution is -2.17. The molecule has 1 rings (SSSR count). The van der Waals surface area contributed by atoms with Crippen molar-refractivity contribution in [2.75, 3.05) is 41.1 Å². The molecule has 5 nitrogen and oxygen atoms in total. The van der Waals surface area contributed by atoms with Crippen LogP contribution < -0.4 is 19.5 Å². The zero-order valence-electron chi connectivity index (χ0n) is 14.2. The highest BCUT2D eigenvalue weighted by Crippen LogP contribution is 2.39. The summed E-state index contributed by atoms with van der Waals surface area (Å²) >= 11 is 0. The van der Waals surface area contributed by atoms with Crippen molar-refractivity contribution in [1.82, 2.24) is 5.32 Å². The van der Waals surface area contributed by atoms with Crippen molar-refractivity contribution in [1.29, 1.82) is 0 Å². The summed E-state index contributed by atoms with van der Waals surface area (Å²) in [5.74, 6) is 2.02. The Morgan fingerprint density at radius 2 is 1.64 bits per heavy atom. The fourth-order valence-corrected chi connectivity index (χ4v) is 2.17. The average molecular weight is 311 g/mol. The van der Waals surface area contributed by atoms with E-state index in [1.807, 2.05) is 12.1 Å². The highest BCUT2D eigenvalue weighted by Gasteiger charge is 2.15. The van der Waals surface area contributed by atoms with Gasteiger partial charge < -0.3 is 24.3 Å². The topological polar surface area (TPSA) is 49.0 Å². The molecular formula is C17H29NO4. The summed E-state index contributed by atoms with van der Waals surface area (Å²) in [6, 6.07) is 3.89. The number of benzene rings is 1. The zero-order valence-corrected chi connectivity index (χ0v) is 14.2. The van der Waals surface area contributed by atoms with Gasteiger partial charge in [0, 0.05) is 25.3 Å². The number of ether oxygens (including phenoxy) is 4. The van der Waals surface area contributed by atoms with Gasteiger partial charge in [0.25, 0.3) is 0 Å². The van der Waals surface area contributed by atoms with E-state index < -0.39 is 0 Å². The molecule has 0 atom stereocenters. The van der Waals surface area contributed by atoms with Gasteiger partial charge in [-0.25, -0.2) is 0 Å².